The van der Waals surface area contributed by atoms with E-state index in [1.54, 1.807) is 0 Å². The van der Waals surface area contributed by atoms with Gasteiger partial charge in [0.1, 0.15) is 0 Å². The Hall–Kier alpha value is -0.0800. The molecule has 3 atom stereocenters. The molecule has 0 heterocycles. The molecule has 2 fully saturated rings. The first-order valence-corrected chi connectivity index (χ1v) is 7.14. The topological polar surface area (TPSA) is 32.3 Å². The molecule has 2 aliphatic carbocycles. The fourth-order valence-electron chi connectivity index (χ4n) is 3.10. The number of nitrogens with one attached hydrogen (secondary N) is 1. The molecule has 0 aromatic rings. The van der Waals surface area contributed by atoms with Crippen molar-refractivity contribution in [1.29, 1.82) is 0 Å². The van der Waals surface area contributed by atoms with Crippen LogP contribution in [0.1, 0.15) is 51.9 Å². The minimum atomic E-state index is 0.332. The van der Waals surface area contributed by atoms with Gasteiger partial charge < -0.3 is 10.4 Å². The molecule has 16 heavy (non-hydrogen) atoms. The van der Waals surface area contributed by atoms with Gasteiger partial charge >= 0.3 is 0 Å². The third kappa shape index (κ3) is 3.74. The third-order valence-corrected chi connectivity index (χ3v) is 4.38. The zero-order chi connectivity index (χ0) is 11.4. The fourth-order valence-corrected chi connectivity index (χ4v) is 3.10. The second-order valence-electron chi connectivity index (χ2n) is 5.99. The van der Waals surface area contributed by atoms with Crippen molar-refractivity contribution in [1.82, 2.24) is 5.32 Å². The summed E-state index contributed by atoms with van der Waals surface area (Å²) in [5.74, 6) is 2.73. The van der Waals surface area contributed by atoms with Gasteiger partial charge in [0.2, 0.25) is 0 Å². The van der Waals surface area contributed by atoms with Gasteiger partial charge in [0.25, 0.3) is 0 Å². The normalized spacial score (nSPS) is 32.6. The lowest BCUT2D eigenvalue weighted by atomic mass is 9.82. The van der Waals surface area contributed by atoms with E-state index < -0.39 is 0 Å². The highest BCUT2D eigenvalue weighted by Crippen LogP contribution is 2.43. The number of hydrogen-bond acceptors (Lipinski definition) is 2. The minimum Gasteiger partial charge on any atom is -0.396 e. The van der Waals surface area contributed by atoms with Crippen molar-refractivity contribution in [3.63, 3.8) is 0 Å². The van der Waals surface area contributed by atoms with E-state index in [2.05, 4.69) is 12.2 Å². The lowest BCUT2D eigenvalue weighted by Crippen LogP contribution is -2.37. The Morgan fingerprint density at radius 2 is 2.00 bits per heavy atom. The quantitative estimate of drug-likeness (QED) is 0.728. The Labute approximate surface area is 99.8 Å². The summed E-state index contributed by atoms with van der Waals surface area (Å²) in [6.45, 7) is 3.64. The van der Waals surface area contributed by atoms with Crippen molar-refractivity contribution < 1.29 is 5.11 Å². The molecule has 3 unspecified atom stereocenters. The summed E-state index contributed by atoms with van der Waals surface area (Å²) in [6, 6.07) is 0.764. The Morgan fingerprint density at radius 1 is 1.19 bits per heavy atom. The van der Waals surface area contributed by atoms with Gasteiger partial charge in [-0.2, -0.15) is 0 Å². The highest BCUT2D eigenvalue weighted by Gasteiger charge is 2.34. The first-order valence-electron chi connectivity index (χ1n) is 7.14. The lowest BCUT2D eigenvalue weighted by Gasteiger charge is -2.30. The number of aliphatic hydroxyl groups excluding tert-OH is 1. The smallest absolute Gasteiger partial charge is 0.0434 e. The summed E-state index contributed by atoms with van der Waals surface area (Å²) in [5.41, 5.74) is 0. The van der Waals surface area contributed by atoms with Crippen molar-refractivity contribution in [3.8, 4) is 0 Å². The second kappa shape index (κ2) is 6.02. The summed E-state index contributed by atoms with van der Waals surface area (Å²) < 4.78 is 0. The Balaban J connectivity index is 1.64. The maximum absolute atomic E-state index is 8.87. The molecule has 0 aliphatic heterocycles. The van der Waals surface area contributed by atoms with Crippen molar-refractivity contribution in [2.75, 3.05) is 13.2 Å². The van der Waals surface area contributed by atoms with Gasteiger partial charge in [-0.25, -0.2) is 0 Å². The SMILES string of the molecule is CC(CCO)CNC1CCCC(C2CC2)C1. The summed E-state index contributed by atoms with van der Waals surface area (Å²) in [5, 5.41) is 12.6. The minimum absolute atomic E-state index is 0.332. The van der Waals surface area contributed by atoms with E-state index >= 15 is 0 Å². The number of rotatable bonds is 6. The molecule has 2 saturated carbocycles. The van der Waals surface area contributed by atoms with Crippen molar-refractivity contribution in [3.05, 3.63) is 0 Å². The van der Waals surface area contributed by atoms with Gasteiger partial charge in [0.05, 0.1) is 0 Å². The fraction of sp³-hybridized carbons (Fsp3) is 1.00. The van der Waals surface area contributed by atoms with Crippen LogP contribution in [0.3, 0.4) is 0 Å². The molecule has 0 radical (unpaired) electrons. The number of hydrogen-bond donors (Lipinski definition) is 2. The van der Waals surface area contributed by atoms with E-state index in [1.165, 1.54) is 38.5 Å². The van der Waals surface area contributed by atoms with Crippen molar-refractivity contribution in [2.24, 2.45) is 17.8 Å². The van der Waals surface area contributed by atoms with E-state index in [-0.39, 0.29) is 0 Å². The molecule has 2 heteroatoms. The van der Waals surface area contributed by atoms with Gasteiger partial charge in [-0.15, -0.1) is 0 Å². The third-order valence-electron chi connectivity index (χ3n) is 4.38. The summed E-state index contributed by atoms with van der Waals surface area (Å²) in [6.07, 6.45) is 9.62. The average molecular weight is 225 g/mol. The molecular formula is C14H27NO. The van der Waals surface area contributed by atoms with Crippen LogP contribution in [0.15, 0.2) is 0 Å². The van der Waals surface area contributed by atoms with Gasteiger partial charge in [-0.1, -0.05) is 19.8 Å². The van der Waals surface area contributed by atoms with Crippen LogP contribution in [-0.4, -0.2) is 24.3 Å². The van der Waals surface area contributed by atoms with Crippen molar-refractivity contribution >= 4 is 0 Å². The predicted molar refractivity (Wildman–Crippen MR) is 67.3 cm³/mol. The van der Waals surface area contributed by atoms with Crippen LogP contribution in [0.4, 0.5) is 0 Å². The molecule has 94 valence electrons. The van der Waals surface area contributed by atoms with Crippen LogP contribution in [0, 0.1) is 17.8 Å². The van der Waals surface area contributed by atoms with Crippen LogP contribution in [-0.2, 0) is 0 Å². The molecular weight excluding hydrogens is 198 g/mol. The maximum Gasteiger partial charge on any atom is 0.0434 e. The second-order valence-corrected chi connectivity index (χ2v) is 5.99. The first kappa shape index (κ1) is 12.4. The van der Waals surface area contributed by atoms with Gasteiger partial charge in [0, 0.05) is 12.6 Å². The number of aliphatic hydroxyl groups is 1. The summed E-state index contributed by atoms with van der Waals surface area (Å²) in [4.78, 5) is 0. The van der Waals surface area contributed by atoms with Crippen LogP contribution in [0.25, 0.3) is 0 Å². The van der Waals surface area contributed by atoms with Crippen LogP contribution >= 0.6 is 0 Å². The van der Waals surface area contributed by atoms with Crippen LogP contribution in [0.5, 0.6) is 0 Å². The van der Waals surface area contributed by atoms with E-state index in [0.717, 1.165) is 30.8 Å². The van der Waals surface area contributed by atoms with E-state index in [0.29, 0.717) is 12.5 Å². The zero-order valence-electron chi connectivity index (χ0n) is 10.6. The maximum atomic E-state index is 8.87. The Morgan fingerprint density at radius 3 is 2.69 bits per heavy atom. The monoisotopic (exact) mass is 225 g/mol. The lowest BCUT2D eigenvalue weighted by molar-refractivity contribution is 0.235. The molecule has 0 bridgehead atoms. The molecule has 2 aliphatic rings. The molecule has 0 spiro atoms. The van der Waals surface area contributed by atoms with E-state index in [4.69, 9.17) is 5.11 Å². The van der Waals surface area contributed by atoms with Crippen LogP contribution < -0.4 is 5.32 Å². The highest BCUT2D eigenvalue weighted by atomic mass is 16.3. The van der Waals surface area contributed by atoms with E-state index in [9.17, 15) is 0 Å². The van der Waals surface area contributed by atoms with Crippen molar-refractivity contribution in [2.45, 2.75) is 57.9 Å². The van der Waals surface area contributed by atoms with Gasteiger partial charge in [-0.05, 0) is 56.4 Å². The first-order chi connectivity index (χ1) is 7.79. The molecule has 0 amide bonds. The van der Waals surface area contributed by atoms with E-state index in [1.807, 2.05) is 0 Å². The Bertz CT molecular complexity index is 203. The predicted octanol–water partition coefficient (Wildman–Crippen LogP) is 2.56. The highest BCUT2D eigenvalue weighted by molar-refractivity contribution is 4.87. The van der Waals surface area contributed by atoms with Gasteiger partial charge in [-0.3, -0.25) is 0 Å². The molecule has 2 nitrogen and oxygen atoms in total. The molecule has 0 aromatic heterocycles. The average Bonchev–Trinajstić information content (AvgIpc) is 3.11. The van der Waals surface area contributed by atoms with Gasteiger partial charge in [0.15, 0.2) is 0 Å². The standard InChI is InChI=1S/C14H27NO/c1-11(7-8-16)10-15-14-4-2-3-13(9-14)12-5-6-12/h11-16H,2-10H2,1H3. The largest absolute Gasteiger partial charge is 0.396 e. The molecule has 2 N–H and O–H groups in total. The Kier molecular flexibility index (Phi) is 4.66. The van der Waals surface area contributed by atoms with Crippen LogP contribution in [0.2, 0.25) is 0 Å². The molecule has 2 rings (SSSR count). The summed E-state index contributed by atoms with van der Waals surface area (Å²) >= 11 is 0. The molecule has 0 saturated heterocycles. The summed E-state index contributed by atoms with van der Waals surface area (Å²) in [7, 11) is 0. The zero-order valence-corrected chi connectivity index (χ0v) is 10.6. The molecule has 0 aromatic carbocycles.